The molecule has 1 heterocycles. The summed E-state index contributed by atoms with van der Waals surface area (Å²) in [5.74, 6) is -0.798. The minimum atomic E-state index is -0.798. The molecule has 0 aromatic heterocycles. The van der Waals surface area contributed by atoms with Crippen molar-refractivity contribution >= 4 is 17.9 Å². The van der Waals surface area contributed by atoms with Crippen molar-refractivity contribution in [1.29, 1.82) is 0 Å². The van der Waals surface area contributed by atoms with Crippen LogP contribution in [0.15, 0.2) is 53.4 Å². The van der Waals surface area contributed by atoms with E-state index in [1.165, 1.54) is 27.1 Å². The SMILES string of the molecule is Cc1ccc(-c2c(C)c3c(c(C)c2CC(=O)O)SN(C)Cc2ccccc2-3)cc1. The van der Waals surface area contributed by atoms with Gasteiger partial charge in [0, 0.05) is 17.0 Å². The summed E-state index contributed by atoms with van der Waals surface area (Å²) in [6.45, 7) is 7.13. The topological polar surface area (TPSA) is 40.5 Å². The predicted octanol–water partition coefficient (Wildman–Crippen LogP) is 6.03. The molecule has 148 valence electrons. The van der Waals surface area contributed by atoms with E-state index in [2.05, 4.69) is 80.7 Å². The van der Waals surface area contributed by atoms with Crippen LogP contribution < -0.4 is 0 Å². The summed E-state index contributed by atoms with van der Waals surface area (Å²) < 4.78 is 2.23. The number of carboxylic acid groups (broad SMARTS) is 1. The van der Waals surface area contributed by atoms with Crippen LogP contribution in [0.4, 0.5) is 0 Å². The lowest BCUT2D eigenvalue weighted by Crippen LogP contribution is -2.09. The second kappa shape index (κ2) is 7.69. The maximum Gasteiger partial charge on any atom is 0.307 e. The first-order valence-electron chi connectivity index (χ1n) is 9.79. The fraction of sp³-hybridized carbons (Fsp3) is 0.240. The molecular weight excluding hydrogens is 378 g/mol. The molecule has 3 aromatic rings. The molecule has 0 fully saturated rings. The van der Waals surface area contributed by atoms with Crippen molar-refractivity contribution in [1.82, 2.24) is 4.31 Å². The van der Waals surface area contributed by atoms with Crippen LogP contribution >= 0.6 is 11.9 Å². The van der Waals surface area contributed by atoms with E-state index in [1.807, 2.05) is 0 Å². The molecule has 1 aliphatic heterocycles. The average Bonchev–Trinajstić information content (AvgIpc) is 2.83. The Kier molecular flexibility index (Phi) is 5.24. The maximum atomic E-state index is 11.8. The second-order valence-corrected chi connectivity index (χ2v) is 8.99. The van der Waals surface area contributed by atoms with Gasteiger partial charge in [-0.15, -0.1) is 0 Å². The van der Waals surface area contributed by atoms with Gasteiger partial charge in [-0.25, -0.2) is 4.31 Å². The molecule has 3 aromatic carbocycles. The normalized spacial score (nSPS) is 13.5. The molecule has 4 heteroatoms. The molecule has 0 amide bonds. The first-order chi connectivity index (χ1) is 13.9. The summed E-state index contributed by atoms with van der Waals surface area (Å²) in [4.78, 5) is 12.9. The number of hydrogen-bond donors (Lipinski definition) is 1. The smallest absolute Gasteiger partial charge is 0.307 e. The number of nitrogens with zero attached hydrogens (tertiary/aromatic N) is 1. The largest absolute Gasteiger partial charge is 0.481 e. The van der Waals surface area contributed by atoms with Gasteiger partial charge in [-0.2, -0.15) is 0 Å². The van der Waals surface area contributed by atoms with Crippen LogP contribution in [0, 0.1) is 20.8 Å². The molecule has 4 rings (SSSR count). The van der Waals surface area contributed by atoms with Crippen molar-refractivity contribution in [2.45, 2.75) is 38.6 Å². The van der Waals surface area contributed by atoms with Gasteiger partial charge < -0.3 is 5.11 Å². The van der Waals surface area contributed by atoms with E-state index in [9.17, 15) is 9.90 Å². The lowest BCUT2D eigenvalue weighted by Gasteiger charge is -2.23. The Morgan fingerprint density at radius 2 is 1.69 bits per heavy atom. The summed E-state index contributed by atoms with van der Waals surface area (Å²) in [5.41, 5.74) is 10.2. The Hall–Kier alpha value is -2.56. The third kappa shape index (κ3) is 3.59. The molecule has 0 atom stereocenters. The number of aryl methyl sites for hydroxylation is 1. The van der Waals surface area contributed by atoms with Crippen molar-refractivity contribution in [3.63, 3.8) is 0 Å². The zero-order valence-electron chi connectivity index (χ0n) is 17.2. The quantitative estimate of drug-likeness (QED) is 0.543. The third-order valence-electron chi connectivity index (χ3n) is 5.67. The van der Waals surface area contributed by atoms with E-state index >= 15 is 0 Å². The fourth-order valence-corrected chi connectivity index (χ4v) is 5.42. The molecule has 0 saturated carbocycles. The lowest BCUT2D eigenvalue weighted by atomic mass is 9.83. The molecule has 29 heavy (non-hydrogen) atoms. The van der Waals surface area contributed by atoms with Crippen LogP contribution in [0.2, 0.25) is 0 Å². The van der Waals surface area contributed by atoms with Crippen LogP contribution in [0.3, 0.4) is 0 Å². The van der Waals surface area contributed by atoms with E-state index in [0.717, 1.165) is 34.4 Å². The molecular formula is C25H25NO2S. The highest BCUT2D eigenvalue weighted by atomic mass is 32.2. The molecule has 0 unspecified atom stereocenters. The Morgan fingerprint density at radius 3 is 2.38 bits per heavy atom. The number of carbonyl (C=O) groups is 1. The van der Waals surface area contributed by atoms with Gasteiger partial charge in [0.2, 0.25) is 0 Å². The molecule has 0 bridgehead atoms. The molecule has 0 spiro atoms. The van der Waals surface area contributed by atoms with Crippen molar-refractivity contribution in [3.05, 3.63) is 76.3 Å². The first kappa shape index (κ1) is 19.7. The average molecular weight is 404 g/mol. The zero-order valence-corrected chi connectivity index (χ0v) is 18.1. The van der Waals surface area contributed by atoms with Gasteiger partial charge in [0.1, 0.15) is 0 Å². The summed E-state index contributed by atoms with van der Waals surface area (Å²) in [5, 5.41) is 9.65. The van der Waals surface area contributed by atoms with Gasteiger partial charge >= 0.3 is 5.97 Å². The predicted molar refractivity (Wildman–Crippen MR) is 120 cm³/mol. The molecule has 1 N–H and O–H groups in total. The summed E-state index contributed by atoms with van der Waals surface area (Å²) in [6, 6.07) is 17.0. The van der Waals surface area contributed by atoms with Crippen molar-refractivity contribution < 1.29 is 9.90 Å². The highest BCUT2D eigenvalue weighted by Gasteiger charge is 2.27. The highest BCUT2D eigenvalue weighted by molar-refractivity contribution is 7.97. The zero-order chi connectivity index (χ0) is 20.7. The number of rotatable bonds is 3. The molecule has 0 radical (unpaired) electrons. The van der Waals surface area contributed by atoms with E-state index in [1.54, 1.807) is 11.9 Å². The summed E-state index contributed by atoms with van der Waals surface area (Å²) >= 11 is 1.72. The van der Waals surface area contributed by atoms with Crippen LogP contribution in [0.5, 0.6) is 0 Å². The monoisotopic (exact) mass is 403 g/mol. The minimum Gasteiger partial charge on any atom is -0.481 e. The molecule has 0 saturated heterocycles. The van der Waals surface area contributed by atoms with Gasteiger partial charge in [-0.05, 0) is 78.7 Å². The van der Waals surface area contributed by atoms with Crippen molar-refractivity contribution in [2.24, 2.45) is 0 Å². The van der Waals surface area contributed by atoms with Crippen LogP contribution in [0.1, 0.15) is 27.8 Å². The number of carboxylic acids is 1. The van der Waals surface area contributed by atoms with Gasteiger partial charge in [0.15, 0.2) is 0 Å². The van der Waals surface area contributed by atoms with E-state index in [-0.39, 0.29) is 6.42 Å². The summed E-state index contributed by atoms with van der Waals surface area (Å²) in [6.07, 6.45) is 0.0229. The van der Waals surface area contributed by atoms with Crippen LogP contribution in [-0.2, 0) is 17.8 Å². The van der Waals surface area contributed by atoms with Gasteiger partial charge in [-0.1, -0.05) is 54.1 Å². The Labute approximate surface area is 176 Å². The van der Waals surface area contributed by atoms with E-state index < -0.39 is 5.97 Å². The Balaban J connectivity index is 2.10. The van der Waals surface area contributed by atoms with Gasteiger partial charge in [-0.3, -0.25) is 4.79 Å². The van der Waals surface area contributed by atoms with Crippen LogP contribution in [0.25, 0.3) is 22.3 Å². The number of hydrogen-bond acceptors (Lipinski definition) is 3. The molecule has 3 nitrogen and oxygen atoms in total. The highest BCUT2D eigenvalue weighted by Crippen LogP contribution is 2.48. The first-order valence-corrected chi connectivity index (χ1v) is 10.6. The van der Waals surface area contributed by atoms with E-state index in [0.29, 0.717) is 0 Å². The van der Waals surface area contributed by atoms with Gasteiger partial charge in [0.05, 0.1) is 6.42 Å². The summed E-state index contributed by atoms with van der Waals surface area (Å²) in [7, 11) is 2.09. The van der Waals surface area contributed by atoms with Crippen molar-refractivity contribution in [2.75, 3.05) is 7.05 Å². The lowest BCUT2D eigenvalue weighted by molar-refractivity contribution is -0.136. The molecule has 0 aliphatic carbocycles. The third-order valence-corrected chi connectivity index (χ3v) is 6.80. The number of aliphatic carboxylic acids is 1. The maximum absolute atomic E-state index is 11.8. The van der Waals surface area contributed by atoms with Crippen LogP contribution in [-0.4, -0.2) is 22.4 Å². The number of benzene rings is 3. The minimum absolute atomic E-state index is 0.0229. The standard InChI is InChI=1S/C25H25NO2S/c1-15-9-11-18(12-10-15)23-17(3)24-20-8-6-5-7-19(20)14-26(4)29-25(24)16(2)21(23)13-22(27)28/h5-12H,13-14H2,1-4H3,(H,27,28). The molecule has 1 aliphatic rings. The second-order valence-electron chi connectivity index (χ2n) is 7.78. The Morgan fingerprint density at radius 1 is 1.00 bits per heavy atom. The van der Waals surface area contributed by atoms with Crippen molar-refractivity contribution in [3.8, 4) is 22.3 Å². The van der Waals surface area contributed by atoms with Gasteiger partial charge in [0.25, 0.3) is 0 Å². The fourth-order valence-electron chi connectivity index (χ4n) is 4.29. The van der Waals surface area contributed by atoms with E-state index in [4.69, 9.17) is 0 Å². The Bertz CT molecular complexity index is 1100. The number of fused-ring (bicyclic) bond motifs is 3.